The number of urea groups is 1. The molecular weight excluding hydrogens is 460 g/mol. The van der Waals surface area contributed by atoms with Gasteiger partial charge in [-0.05, 0) is 37.2 Å². The Bertz CT molecular complexity index is 1060. The Kier molecular flexibility index (Phi) is 7.87. The summed E-state index contributed by atoms with van der Waals surface area (Å²) >= 11 is 6.17. The Morgan fingerprint density at radius 3 is 2.56 bits per heavy atom. The number of hydrogen-bond acceptors (Lipinski definition) is 6. The van der Waals surface area contributed by atoms with E-state index in [9.17, 15) is 14.4 Å². The van der Waals surface area contributed by atoms with Crippen LogP contribution in [-0.2, 0) is 4.79 Å². The Morgan fingerprint density at radius 2 is 1.74 bits per heavy atom. The lowest BCUT2D eigenvalue weighted by atomic mass is 10.2. The number of ether oxygens (including phenoxy) is 2. The molecule has 1 saturated heterocycles. The van der Waals surface area contributed by atoms with Crippen LogP contribution in [0.25, 0.3) is 0 Å². The average Bonchev–Trinajstić information content (AvgIpc) is 3.08. The number of carbonyl (C=O) groups is 3. The van der Waals surface area contributed by atoms with Gasteiger partial charge in [-0.15, -0.1) is 0 Å². The number of amides is 4. The summed E-state index contributed by atoms with van der Waals surface area (Å²) in [6.07, 6.45) is 0.968. The molecule has 0 spiro atoms. The van der Waals surface area contributed by atoms with Crippen molar-refractivity contribution < 1.29 is 23.9 Å². The second-order valence-electron chi connectivity index (χ2n) is 8.08. The van der Waals surface area contributed by atoms with Gasteiger partial charge in [0, 0.05) is 44.4 Å². The summed E-state index contributed by atoms with van der Waals surface area (Å²) in [4.78, 5) is 41.2. The predicted octanol–water partition coefficient (Wildman–Crippen LogP) is 3.00. The van der Waals surface area contributed by atoms with Gasteiger partial charge in [0.05, 0.1) is 10.6 Å². The molecule has 4 amide bonds. The molecule has 1 fully saturated rings. The molecule has 4 rings (SSSR count). The first kappa shape index (κ1) is 23.8. The van der Waals surface area contributed by atoms with E-state index in [0.717, 1.165) is 13.0 Å². The highest BCUT2D eigenvalue weighted by molar-refractivity contribution is 6.33. The van der Waals surface area contributed by atoms with Crippen molar-refractivity contribution in [2.75, 3.05) is 51.3 Å². The Morgan fingerprint density at radius 1 is 0.941 bits per heavy atom. The first-order chi connectivity index (χ1) is 16.5. The Balaban J connectivity index is 1.21. The van der Waals surface area contributed by atoms with E-state index in [2.05, 4.69) is 15.5 Å². The minimum Gasteiger partial charge on any atom is -0.486 e. The number of carbonyl (C=O) groups excluding carboxylic acids is 3. The average molecular weight is 487 g/mol. The number of hydrogen-bond donors (Lipinski definition) is 2. The molecule has 9 nitrogen and oxygen atoms in total. The molecule has 2 aliphatic rings. The van der Waals surface area contributed by atoms with E-state index < -0.39 is 6.03 Å². The van der Waals surface area contributed by atoms with Crippen LogP contribution in [-0.4, -0.2) is 73.6 Å². The maximum Gasteiger partial charge on any atom is 0.325 e. The second-order valence-corrected chi connectivity index (χ2v) is 8.49. The standard InChI is InChI=1S/C24H27ClN4O5/c25-19-5-2-1-4-18(19)23(31)29-10-3-9-28(12-13-29)11-8-22(30)27-24(32)26-17-6-7-20-21(16-17)34-15-14-33-20/h1-2,4-7,16H,3,8-15H2,(H2,26,27,30,32). The summed E-state index contributed by atoms with van der Waals surface area (Å²) < 4.78 is 10.9. The van der Waals surface area contributed by atoms with Crippen LogP contribution in [0, 0.1) is 0 Å². The van der Waals surface area contributed by atoms with Crippen molar-refractivity contribution in [3.8, 4) is 11.5 Å². The van der Waals surface area contributed by atoms with Crippen molar-refractivity contribution in [2.45, 2.75) is 12.8 Å². The number of imide groups is 1. The second kappa shape index (κ2) is 11.2. The largest absolute Gasteiger partial charge is 0.486 e. The molecular formula is C24H27ClN4O5. The molecule has 180 valence electrons. The highest BCUT2D eigenvalue weighted by Gasteiger charge is 2.22. The van der Waals surface area contributed by atoms with Crippen LogP contribution in [0.5, 0.6) is 11.5 Å². The molecule has 0 aromatic heterocycles. The van der Waals surface area contributed by atoms with Crippen molar-refractivity contribution in [1.29, 1.82) is 0 Å². The van der Waals surface area contributed by atoms with Crippen molar-refractivity contribution in [1.82, 2.24) is 15.1 Å². The van der Waals surface area contributed by atoms with Crippen LogP contribution in [0.1, 0.15) is 23.2 Å². The van der Waals surface area contributed by atoms with Gasteiger partial charge in [0.25, 0.3) is 5.91 Å². The van der Waals surface area contributed by atoms with Crippen LogP contribution in [0.15, 0.2) is 42.5 Å². The SMILES string of the molecule is O=C(CCN1CCCN(C(=O)c2ccccc2Cl)CC1)NC(=O)Nc1ccc2c(c1)OCCO2. The highest BCUT2D eigenvalue weighted by atomic mass is 35.5. The van der Waals surface area contributed by atoms with E-state index in [-0.39, 0.29) is 18.2 Å². The lowest BCUT2D eigenvalue weighted by molar-refractivity contribution is -0.120. The molecule has 0 saturated carbocycles. The minimum atomic E-state index is -0.603. The Labute approximate surface area is 202 Å². The summed E-state index contributed by atoms with van der Waals surface area (Å²) in [6, 6.07) is 11.5. The van der Waals surface area contributed by atoms with E-state index in [1.807, 2.05) is 0 Å². The number of benzene rings is 2. The molecule has 0 atom stereocenters. The van der Waals surface area contributed by atoms with Crippen molar-refractivity contribution in [2.24, 2.45) is 0 Å². The molecule has 34 heavy (non-hydrogen) atoms. The van der Waals surface area contributed by atoms with Gasteiger partial charge in [0.1, 0.15) is 13.2 Å². The molecule has 2 aliphatic heterocycles. The van der Waals surface area contributed by atoms with Gasteiger partial charge in [-0.2, -0.15) is 0 Å². The lowest BCUT2D eigenvalue weighted by Crippen LogP contribution is -2.38. The first-order valence-electron chi connectivity index (χ1n) is 11.3. The number of halogens is 1. The summed E-state index contributed by atoms with van der Waals surface area (Å²) in [5.41, 5.74) is 1.01. The van der Waals surface area contributed by atoms with E-state index in [1.165, 1.54) is 0 Å². The van der Waals surface area contributed by atoms with Gasteiger partial charge in [0.2, 0.25) is 5.91 Å². The van der Waals surface area contributed by atoms with Crippen LogP contribution in [0.3, 0.4) is 0 Å². The molecule has 2 aromatic rings. The molecule has 0 radical (unpaired) electrons. The first-order valence-corrected chi connectivity index (χ1v) is 11.6. The normalized spacial score (nSPS) is 15.9. The van der Waals surface area contributed by atoms with Crippen molar-refractivity contribution >= 4 is 35.1 Å². The summed E-state index contributed by atoms with van der Waals surface area (Å²) in [5.74, 6) is 0.723. The fraction of sp³-hybridized carbons (Fsp3) is 0.375. The third-order valence-electron chi connectivity index (χ3n) is 5.69. The summed E-state index contributed by atoms with van der Waals surface area (Å²) in [5, 5.41) is 5.43. The van der Waals surface area contributed by atoms with E-state index in [1.54, 1.807) is 47.4 Å². The van der Waals surface area contributed by atoms with Gasteiger partial charge in [-0.25, -0.2) is 4.79 Å². The highest BCUT2D eigenvalue weighted by Crippen LogP contribution is 2.32. The van der Waals surface area contributed by atoms with Crippen LogP contribution >= 0.6 is 11.6 Å². The fourth-order valence-electron chi connectivity index (χ4n) is 3.93. The Hall–Kier alpha value is -3.30. The van der Waals surface area contributed by atoms with Gasteiger partial charge in [0.15, 0.2) is 11.5 Å². The van der Waals surface area contributed by atoms with Gasteiger partial charge in [-0.3, -0.25) is 14.9 Å². The number of nitrogens with one attached hydrogen (secondary N) is 2. The van der Waals surface area contributed by atoms with Crippen LogP contribution < -0.4 is 20.1 Å². The van der Waals surface area contributed by atoms with Crippen molar-refractivity contribution in [3.05, 3.63) is 53.1 Å². The quantitative estimate of drug-likeness (QED) is 0.674. The third kappa shape index (κ3) is 6.18. The zero-order valence-corrected chi connectivity index (χ0v) is 19.5. The minimum absolute atomic E-state index is 0.0824. The maximum atomic E-state index is 12.8. The number of rotatable bonds is 5. The maximum absolute atomic E-state index is 12.8. The molecule has 2 heterocycles. The topological polar surface area (TPSA) is 100 Å². The summed E-state index contributed by atoms with van der Waals surface area (Å²) in [6.45, 7) is 4.03. The molecule has 0 aliphatic carbocycles. The van der Waals surface area contributed by atoms with Crippen molar-refractivity contribution in [3.63, 3.8) is 0 Å². The zero-order valence-electron chi connectivity index (χ0n) is 18.7. The molecule has 10 heteroatoms. The molecule has 0 unspecified atom stereocenters. The lowest BCUT2D eigenvalue weighted by Gasteiger charge is -2.22. The smallest absolute Gasteiger partial charge is 0.325 e. The van der Waals surface area contributed by atoms with E-state index in [0.29, 0.717) is 67.2 Å². The van der Waals surface area contributed by atoms with Crippen LogP contribution in [0.4, 0.5) is 10.5 Å². The van der Waals surface area contributed by atoms with E-state index >= 15 is 0 Å². The third-order valence-corrected chi connectivity index (χ3v) is 6.02. The van der Waals surface area contributed by atoms with Gasteiger partial charge >= 0.3 is 6.03 Å². The fourth-order valence-corrected chi connectivity index (χ4v) is 4.15. The summed E-state index contributed by atoms with van der Waals surface area (Å²) in [7, 11) is 0. The van der Waals surface area contributed by atoms with E-state index in [4.69, 9.17) is 21.1 Å². The van der Waals surface area contributed by atoms with Gasteiger partial charge < -0.3 is 24.6 Å². The number of anilines is 1. The number of nitrogens with zero attached hydrogens (tertiary/aromatic N) is 2. The number of fused-ring (bicyclic) bond motifs is 1. The predicted molar refractivity (Wildman–Crippen MR) is 128 cm³/mol. The molecule has 2 aromatic carbocycles. The monoisotopic (exact) mass is 486 g/mol. The molecule has 0 bridgehead atoms. The molecule has 2 N–H and O–H groups in total. The van der Waals surface area contributed by atoms with Crippen LogP contribution in [0.2, 0.25) is 5.02 Å². The zero-order chi connectivity index (χ0) is 23.9. The van der Waals surface area contributed by atoms with Gasteiger partial charge in [-0.1, -0.05) is 23.7 Å².